The molecule has 1 amide bonds. The molecule has 1 saturated heterocycles. The van der Waals surface area contributed by atoms with Crippen LogP contribution in [0.25, 0.3) is 0 Å². The molecular weight excluding hydrogens is 454 g/mol. The Morgan fingerprint density at radius 1 is 1.18 bits per heavy atom. The molecule has 0 aromatic heterocycles. The van der Waals surface area contributed by atoms with E-state index < -0.39 is 12.0 Å². The normalized spacial score (nSPS) is 19.8. The number of rotatable bonds is 7. The average molecular weight is 486 g/mol. The molecule has 3 aliphatic heterocycles. The van der Waals surface area contributed by atoms with Crippen molar-refractivity contribution in [2.75, 3.05) is 27.3 Å². The first kappa shape index (κ1) is 24.2. The number of benzene rings is 1. The van der Waals surface area contributed by atoms with Crippen molar-refractivity contribution in [1.82, 2.24) is 9.80 Å². The number of ether oxygens (including phenoxy) is 3. The first-order chi connectivity index (χ1) is 16.3. The van der Waals surface area contributed by atoms with Crippen molar-refractivity contribution in [3.05, 3.63) is 46.1 Å². The number of amidine groups is 1. The maximum Gasteiger partial charge on any atom is 0.338 e. The van der Waals surface area contributed by atoms with Crippen LogP contribution in [0.5, 0.6) is 11.5 Å². The van der Waals surface area contributed by atoms with Gasteiger partial charge in [-0.15, -0.1) is 0 Å². The fourth-order valence-corrected chi connectivity index (χ4v) is 5.53. The SMILES string of the molecule is COc1cccc(C2C(C(=O)OC(C)C)=C(C)N=C3SC=C(CC(=O)N4CCCC4)N32)c1OC. The highest BCUT2D eigenvalue weighted by atomic mass is 32.2. The van der Waals surface area contributed by atoms with E-state index in [9.17, 15) is 9.59 Å². The molecule has 0 bridgehead atoms. The quantitative estimate of drug-likeness (QED) is 0.534. The van der Waals surface area contributed by atoms with Crippen LogP contribution in [-0.4, -0.2) is 60.3 Å². The van der Waals surface area contributed by atoms with E-state index in [1.165, 1.54) is 11.8 Å². The highest BCUT2D eigenvalue weighted by Gasteiger charge is 2.43. The van der Waals surface area contributed by atoms with Crippen LogP contribution >= 0.6 is 11.8 Å². The summed E-state index contributed by atoms with van der Waals surface area (Å²) in [5, 5.41) is 2.67. The Labute approximate surface area is 204 Å². The number of amides is 1. The van der Waals surface area contributed by atoms with Gasteiger partial charge in [0.25, 0.3) is 0 Å². The van der Waals surface area contributed by atoms with E-state index in [1.54, 1.807) is 14.2 Å². The van der Waals surface area contributed by atoms with Gasteiger partial charge in [0.05, 0.1) is 44.1 Å². The van der Waals surface area contributed by atoms with Crippen molar-refractivity contribution in [2.45, 2.75) is 52.2 Å². The van der Waals surface area contributed by atoms with Crippen molar-refractivity contribution in [3.8, 4) is 11.5 Å². The van der Waals surface area contributed by atoms with E-state index in [1.807, 2.05) is 54.2 Å². The van der Waals surface area contributed by atoms with E-state index in [0.29, 0.717) is 22.8 Å². The third kappa shape index (κ3) is 4.53. The molecule has 0 aliphatic carbocycles. The second-order valence-corrected chi connectivity index (χ2v) is 9.53. The van der Waals surface area contributed by atoms with Crippen LogP contribution in [0.4, 0.5) is 0 Å². The molecule has 1 fully saturated rings. The summed E-state index contributed by atoms with van der Waals surface area (Å²) in [5.41, 5.74) is 2.55. The fourth-order valence-electron chi connectivity index (χ4n) is 4.56. The first-order valence-corrected chi connectivity index (χ1v) is 12.4. The summed E-state index contributed by atoms with van der Waals surface area (Å²) in [6.45, 7) is 7.03. The lowest BCUT2D eigenvalue weighted by molar-refractivity contribution is -0.143. The summed E-state index contributed by atoms with van der Waals surface area (Å²) in [4.78, 5) is 35.0. The number of likely N-dealkylation sites (tertiary alicyclic amines) is 1. The van der Waals surface area contributed by atoms with Crippen LogP contribution in [0.15, 0.2) is 45.6 Å². The van der Waals surface area contributed by atoms with Gasteiger partial charge in [-0.2, -0.15) is 0 Å². The van der Waals surface area contributed by atoms with Crippen LogP contribution in [0.2, 0.25) is 0 Å². The van der Waals surface area contributed by atoms with Gasteiger partial charge >= 0.3 is 5.97 Å². The van der Waals surface area contributed by atoms with Gasteiger partial charge < -0.3 is 24.0 Å². The monoisotopic (exact) mass is 485 g/mol. The lowest BCUT2D eigenvalue weighted by Crippen LogP contribution is -2.39. The second-order valence-electron chi connectivity index (χ2n) is 8.69. The van der Waals surface area contributed by atoms with Gasteiger partial charge in [-0.25, -0.2) is 9.79 Å². The topological polar surface area (TPSA) is 80.7 Å². The van der Waals surface area contributed by atoms with E-state index in [0.717, 1.165) is 42.4 Å². The number of methoxy groups -OCH3 is 2. The zero-order chi connectivity index (χ0) is 24.4. The summed E-state index contributed by atoms with van der Waals surface area (Å²) in [7, 11) is 3.16. The molecular formula is C25H31N3O5S. The lowest BCUT2D eigenvalue weighted by atomic mass is 9.92. The molecule has 9 heteroatoms. The Kier molecular flexibility index (Phi) is 7.21. The first-order valence-electron chi connectivity index (χ1n) is 11.5. The molecule has 3 aliphatic rings. The highest BCUT2D eigenvalue weighted by molar-refractivity contribution is 8.16. The number of fused-ring (bicyclic) bond motifs is 1. The van der Waals surface area contributed by atoms with E-state index in [4.69, 9.17) is 19.2 Å². The molecule has 3 heterocycles. The predicted octanol–water partition coefficient (Wildman–Crippen LogP) is 4.24. The summed E-state index contributed by atoms with van der Waals surface area (Å²) < 4.78 is 16.9. The molecule has 0 spiro atoms. The van der Waals surface area contributed by atoms with E-state index in [-0.39, 0.29) is 18.4 Å². The number of allylic oxidation sites excluding steroid dienone is 1. The van der Waals surface area contributed by atoms with Gasteiger partial charge in [-0.3, -0.25) is 4.79 Å². The van der Waals surface area contributed by atoms with Crippen molar-refractivity contribution < 1.29 is 23.8 Å². The van der Waals surface area contributed by atoms with Gasteiger partial charge in [0.1, 0.15) is 0 Å². The number of carbonyl (C=O) groups is 2. The number of carbonyl (C=O) groups excluding carboxylic acids is 2. The Hall–Kier alpha value is -2.94. The molecule has 0 saturated carbocycles. The second kappa shape index (κ2) is 10.1. The average Bonchev–Trinajstić information content (AvgIpc) is 3.47. The molecule has 1 aromatic carbocycles. The van der Waals surface area contributed by atoms with Crippen LogP contribution < -0.4 is 9.47 Å². The van der Waals surface area contributed by atoms with E-state index in [2.05, 4.69) is 0 Å². The molecule has 1 aromatic rings. The standard InChI is InChI=1S/C25H31N3O5S/c1-15(2)33-24(30)21-16(3)26-25-28(17(14-34-25)13-20(29)27-11-6-7-12-27)22(21)18-9-8-10-19(31-4)23(18)32-5/h8-10,14-15,22H,6-7,11-13H2,1-5H3. The van der Waals surface area contributed by atoms with Crippen LogP contribution in [0.3, 0.4) is 0 Å². The van der Waals surface area contributed by atoms with Gasteiger partial charge in [-0.1, -0.05) is 23.9 Å². The minimum absolute atomic E-state index is 0.0829. The number of esters is 1. The Balaban J connectivity index is 1.80. The van der Waals surface area contributed by atoms with E-state index >= 15 is 0 Å². The maximum atomic E-state index is 13.3. The molecule has 0 N–H and O–H groups in total. The zero-order valence-corrected chi connectivity index (χ0v) is 21.1. The molecule has 182 valence electrons. The highest BCUT2D eigenvalue weighted by Crippen LogP contribution is 2.48. The smallest absolute Gasteiger partial charge is 0.338 e. The fraction of sp³-hybridized carbons (Fsp3) is 0.480. The number of thioether (sulfide) groups is 1. The summed E-state index contributed by atoms with van der Waals surface area (Å²) in [6.07, 6.45) is 2.02. The largest absolute Gasteiger partial charge is 0.493 e. The number of aliphatic imine (C=N–C) groups is 1. The van der Waals surface area contributed by atoms with Crippen molar-refractivity contribution in [3.63, 3.8) is 0 Å². The molecule has 1 unspecified atom stereocenters. The molecule has 0 radical (unpaired) electrons. The van der Waals surface area contributed by atoms with Crippen molar-refractivity contribution in [1.29, 1.82) is 0 Å². The zero-order valence-electron chi connectivity index (χ0n) is 20.3. The maximum absolute atomic E-state index is 13.3. The van der Waals surface area contributed by atoms with Crippen LogP contribution in [-0.2, 0) is 14.3 Å². The third-order valence-electron chi connectivity index (χ3n) is 6.08. The molecule has 1 atom stereocenters. The number of nitrogens with zero attached hydrogens (tertiary/aromatic N) is 3. The summed E-state index contributed by atoms with van der Waals surface area (Å²) in [6, 6.07) is 5.02. The van der Waals surface area contributed by atoms with Crippen LogP contribution in [0.1, 0.15) is 51.6 Å². The minimum Gasteiger partial charge on any atom is -0.493 e. The van der Waals surface area contributed by atoms with Gasteiger partial charge in [0.2, 0.25) is 5.91 Å². The third-order valence-corrected chi connectivity index (χ3v) is 6.97. The summed E-state index contributed by atoms with van der Waals surface area (Å²) >= 11 is 1.46. The predicted molar refractivity (Wildman–Crippen MR) is 132 cm³/mol. The number of hydrogen-bond donors (Lipinski definition) is 0. The molecule has 4 rings (SSSR count). The Bertz CT molecular complexity index is 1070. The van der Waals surface area contributed by atoms with Gasteiger partial charge in [0, 0.05) is 24.4 Å². The van der Waals surface area contributed by atoms with Crippen molar-refractivity contribution >= 4 is 28.8 Å². The molecule has 8 nitrogen and oxygen atoms in total. The van der Waals surface area contributed by atoms with Crippen LogP contribution in [0, 0.1) is 0 Å². The summed E-state index contributed by atoms with van der Waals surface area (Å²) in [5.74, 6) is 0.733. The lowest BCUT2D eigenvalue weighted by Gasteiger charge is -2.37. The van der Waals surface area contributed by atoms with Crippen molar-refractivity contribution in [2.24, 2.45) is 4.99 Å². The van der Waals surface area contributed by atoms with Gasteiger partial charge in [-0.05, 0) is 45.1 Å². The Morgan fingerprint density at radius 3 is 2.56 bits per heavy atom. The van der Waals surface area contributed by atoms with Gasteiger partial charge in [0.15, 0.2) is 16.7 Å². The molecule has 34 heavy (non-hydrogen) atoms. The minimum atomic E-state index is -0.573. The number of para-hydroxylation sites is 1. The number of hydrogen-bond acceptors (Lipinski definition) is 8. The Morgan fingerprint density at radius 2 is 1.91 bits per heavy atom.